The van der Waals surface area contributed by atoms with Crippen molar-refractivity contribution in [1.82, 2.24) is 4.90 Å². The van der Waals surface area contributed by atoms with Crippen molar-refractivity contribution in [2.24, 2.45) is 0 Å². The lowest BCUT2D eigenvalue weighted by Gasteiger charge is -2.15. The van der Waals surface area contributed by atoms with Crippen LogP contribution in [0, 0.1) is 0 Å². The van der Waals surface area contributed by atoms with E-state index in [1.165, 1.54) is 11.0 Å². The number of aliphatic hydroxyl groups is 1. The van der Waals surface area contributed by atoms with Crippen LogP contribution < -0.4 is 10.1 Å². The molecule has 128 valence electrons. The summed E-state index contributed by atoms with van der Waals surface area (Å²) in [7, 11) is 0. The summed E-state index contributed by atoms with van der Waals surface area (Å²) in [6.07, 6.45) is 1.31. The van der Waals surface area contributed by atoms with Crippen LogP contribution in [-0.2, 0) is 16.1 Å². The zero-order chi connectivity index (χ0) is 17.6. The van der Waals surface area contributed by atoms with Crippen molar-refractivity contribution in [2.75, 3.05) is 18.5 Å². The Hall–Kier alpha value is -3.12. The van der Waals surface area contributed by atoms with E-state index in [0.717, 1.165) is 5.56 Å². The van der Waals surface area contributed by atoms with Crippen LogP contribution >= 0.6 is 0 Å². The van der Waals surface area contributed by atoms with Gasteiger partial charge in [-0.2, -0.15) is 0 Å². The van der Waals surface area contributed by atoms with Crippen LogP contribution in [0.4, 0.5) is 5.69 Å². The summed E-state index contributed by atoms with van der Waals surface area (Å²) in [4.78, 5) is 25.8. The first kappa shape index (κ1) is 16.7. The largest absolute Gasteiger partial charge is 0.491 e. The molecule has 1 aliphatic rings. The third-order valence-electron chi connectivity index (χ3n) is 3.69. The number of carbonyl (C=O) groups excluding carboxylic acids is 2. The lowest BCUT2D eigenvalue weighted by atomic mass is 10.2. The van der Waals surface area contributed by atoms with E-state index in [2.05, 4.69) is 5.32 Å². The molecule has 0 fully saturated rings. The topological polar surface area (TPSA) is 78.9 Å². The Kier molecular flexibility index (Phi) is 5.11. The molecule has 3 rings (SSSR count). The average Bonchev–Trinajstić information content (AvgIpc) is 2.89. The fourth-order valence-corrected chi connectivity index (χ4v) is 2.47. The molecule has 0 radical (unpaired) electrons. The van der Waals surface area contributed by atoms with Gasteiger partial charge in [0.2, 0.25) is 0 Å². The maximum absolute atomic E-state index is 12.5. The van der Waals surface area contributed by atoms with Crippen LogP contribution in [-0.4, -0.2) is 35.0 Å². The molecule has 1 heterocycles. The monoisotopic (exact) mass is 338 g/mol. The van der Waals surface area contributed by atoms with Gasteiger partial charge in [0, 0.05) is 11.8 Å². The molecule has 2 aromatic carbocycles. The predicted octanol–water partition coefficient (Wildman–Crippen LogP) is 1.92. The number of hydrogen-bond donors (Lipinski definition) is 2. The van der Waals surface area contributed by atoms with Crippen LogP contribution in [0.25, 0.3) is 0 Å². The van der Waals surface area contributed by atoms with Crippen molar-refractivity contribution in [2.45, 2.75) is 6.54 Å². The molecule has 0 saturated heterocycles. The molecule has 0 atom stereocenters. The van der Waals surface area contributed by atoms with Gasteiger partial charge in [-0.05, 0) is 29.8 Å². The first-order valence-corrected chi connectivity index (χ1v) is 7.89. The summed E-state index contributed by atoms with van der Waals surface area (Å²) < 4.78 is 5.28. The number of amides is 2. The summed E-state index contributed by atoms with van der Waals surface area (Å²) in [5.74, 6) is -0.0678. The second kappa shape index (κ2) is 7.63. The molecule has 2 aromatic rings. The molecule has 6 nitrogen and oxygen atoms in total. The first-order valence-electron chi connectivity index (χ1n) is 7.89. The summed E-state index contributed by atoms with van der Waals surface area (Å²) >= 11 is 0. The van der Waals surface area contributed by atoms with Crippen molar-refractivity contribution in [3.8, 4) is 5.75 Å². The van der Waals surface area contributed by atoms with Crippen molar-refractivity contribution < 1.29 is 19.4 Å². The van der Waals surface area contributed by atoms with Crippen molar-refractivity contribution in [3.05, 3.63) is 71.9 Å². The summed E-state index contributed by atoms with van der Waals surface area (Å²) in [5, 5.41) is 11.7. The Morgan fingerprint density at radius 1 is 1.00 bits per heavy atom. The molecule has 0 bridgehead atoms. The van der Waals surface area contributed by atoms with Crippen LogP contribution in [0.5, 0.6) is 5.75 Å². The van der Waals surface area contributed by atoms with E-state index in [1.807, 2.05) is 30.3 Å². The average molecular weight is 338 g/mol. The van der Waals surface area contributed by atoms with Gasteiger partial charge in [-0.1, -0.05) is 30.3 Å². The third kappa shape index (κ3) is 4.05. The molecule has 0 unspecified atom stereocenters. The SMILES string of the molecule is O=C1C=C(Nc2ccc(OCCO)cc2)C(=O)N1Cc1ccccc1. The number of rotatable bonds is 7. The van der Waals surface area contributed by atoms with Gasteiger partial charge in [0.05, 0.1) is 13.2 Å². The zero-order valence-corrected chi connectivity index (χ0v) is 13.5. The van der Waals surface area contributed by atoms with Gasteiger partial charge in [0.1, 0.15) is 18.1 Å². The molecule has 2 N–H and O–H groups in total. The third-order valence-corrected chi connectivity index (χ3v) is 3.69. The van der Waals surface area contributed by atoms with Crippen LogP contribution in [0.3, 0.4) is 0 Å². The number of nitrogens with one attached hydrogen (secondary N) is 1. The van der Waals surface area contributed by atoms with Crippen LogP contribution in [0.1, 0.15) is 5.56 Å². The predicted molar refractivity (Wildman–Crippen MR) is 92.7 cm³/mol. The number of anilines is 1. The quantitative estimate of drug-likeness (QED) is 0.754. The number of ether oxygens (including phenoxy) is 1. The number of hydrogen-bond acceptors (Lipinski definition) is 5. The van der Waals surface area contributed by atoms with E-state index >= 15 is 0 Å². The highest BCUT2D eigenvalue weighted by Gasteiger charge is 2.31. The molecule has 25 heavy (non-hydrogen) atoms. The lowest BCUT2D eigenvalue weighted by molar-refractivity contribution is -0.137. The maximum Gasteiger partial charge on any atom is 0.277 e. The van der Waals surface area contributed by atoms with Gasteiger partial charge < -0.3 is 15.2 Å². The minimum atomic E-state index is -0.352. The Morgan fingerprint density at radius 3 is 2.40 bits per heavy atom. The van der Waals surface area contributed by atoms with Crippen LogP contribution in [0.2, 0.25) is 0 Å². The van der Waals surface area contributed by atoms with E-state index < -0.39 is 0 Å². The second-order valence-corrected chi connectivity index (χ2v) is 5.49. The molecule has 0 aliphatic carbocycles. The number of aliphatic hydroxyl groups excluding tert-OH is 1. The smallest absolute Gasteiger partial charge is 0.277 e. The Morgan fingerprint density at radius 2 is 1.72 bits per heavy atom. The molecular weight excluding hydrogens is 320 g/mol. The van der Waals surface area contributed by atoms with Gasteiger partial charge in [-0.25, -0.2) is 0 Å². The van der Waals surface area contributed by atoms with Crippen molar-refractivity contribution >= 4 is 17.5 Å². The molecule has 2 amide bonds. The van der Waals surface area contributed by atoms with Crippen LogP contribution in [0.15, 0.2) is 66.4 Å². The fourth-order valence-electron chi connectivity index (χ4n) is 2.47. The van der Waals surface area contributed by atoms with Gasteiger partial charge in [0.15, 0.2) is 0 Å². The van der Waals surface area contributed by atoms with Gasteiger partial charge in [0.25, 0.3) is 11.8 Å². The van der Waals surface area contributed by atoms with E-state index in [0.29, 0.717) is 11.4 Å². The minimum Gasteiger partial charge on any atom is -0.491 e. The van der Waals surface area contributed by atoms with Crippen molar-refractivity contribution in [1.29, 1.82) is 0 Å². The highest BCUT2D eigenvalue weighted by atomic mass is 16.5. The molecule has 0 aromatic heterocycles. The number of benzene rings is 2. The molecular formula is C19H18N2O4. The fraction of sp³-hybridized carbons (Fsp3) is 0.158. The first-order chi connectivity index (χ1) is 12.2. The summed E-state index contributed by atoms with van der Waals surface area (Å²) in [6, 6.07) is 16.3. The van der Waals surface area contributed by atoms with Gasteiger partial charge in [-0.3, -0.25) is 14.5 Å². The lowest BCUT2D eigenvalue weighted by Crippen LogP contribution is -2.31. The molecule has 0 spiro atoms. The molecule has 0 saturated carbocycles. The van der Waals surface area contributed by atoms with Crippen molar-refractivity contribution in [3.63, 3.8) is 0 Å². The maximum atomic E-state index is 12.5. The van der Waals surface area contributed by atoms with E-state index in [9.17, 15) is 9.59 Å². The second-order valence-electron chi connectivity index (χ2n) is 5.49. The Bertz CT molecular complexity index is 785. The van der Waals surface area contributed by atoms with E-state index in [-0.39, 0.29) is 37.3 Å². The number of nitrogens with zero attached hydrogens (tertiary/aromatic N) is 1. The number of imide groups is 1. The Labute approximate surface area is 145 Å². The zero-order valence-electron chi connectivity index (χ0n) is 13.5. The summed E-state index contributed by atoms with van der Waals surface area (Å²) in [6.45, 7) is 0.411. The molecule has 6 heteroatoms. The normalized spacial score (nSPS) is 13.8. The summed E-state index contributed by atoms with van der Waals surface area (Å²) in [5.41, 5.74) is 1.81. The van der Waals surface area contributed by atoms with Gasteiger partial charge in [-0.15, -0.1) is 0 Å². The van der Waals surface area contributed by atoms with E-state index in [4.69, 9.17) is 9.84 Å². The molecule has 1 aliphatic heterocycles. The van der Waals surface area contributed by atoms with Gasteiger partial charge >= 0.3 is 0 Å². The highest BCUT2D eigenvalue weighted by molar-refractivity contribution is 6.17. The Balaban J connectivity index is 1.64. The highest BCUT2D eigenvalue weighted by Crippen LogP contribution is 2.21. The number of carbonyl (C=O) groups is 2. The standard InChI is InChI=1S/C19H18N2O4/c22-10-11-25-16-8-6-15(7-9-16)20-17-12-18(23)21(19(17)24)13-14-4-2-1-3-5-14/h1-9,12,20,22H,10-11,13H2. The minimum absolute atomic E-state index is 0.0548. The van der Waals surface area contributed by atoms with E-state index in [1.54, 1.807) is 24.3 Å².